The van der Waals surface area contributed by atoms with Gasteiger partial charge in [-0.25, -0.2) is 0 Å². The molecule has 0 unspecified atom stereocenters. The first-order valence-corrected chi connectivity index (χ1v) is 4.54. The largest absolute Gasteiger partial charge is 0.497 e. The Bertz CT molecular complexity index is 223. The standard InChI is InChI=1S/C9H10O.C3H8/c1-3-8-4-6-9(10-2)7-5-8;1-3-2/h3-7H,1H2,2H3;3H2,1-2H3. The van der Waals surface area contributed by atoms with Gasteiger partial charge in [0.1, 0.15) is 5.75 Å². The highest BCUT2D eigenvalue weighted by molar-refractivity contribution is 5.48. The topological polar surface area (TPSA) is 9.23 Å². The van der Waals surface area contributed by atoms with Crippen molar-refractivity contribution in [1.29, 1.82) is 0 Å². The van der Waals surface area contributed by atoms with Crippen molar-refractivity contribution >= 4 is 6.08 Å². The van der Waals surface area contributed by atoms with Crippen LogP contribution in [0.5, 0.6) is 5.75 Å². The van der Waals surface area contributed by atoms with Gasteiger partial charge in [0.15, 0.2) is 0 Å². The van der Waals surface area contributed by atoms with E-state index in [4.69, 9.17) is 4.74 Å². The summed E-state index contributed by atoms with van der Waals surface area (Å²) in [5.74, 6) is 0.880. The first-order valence-electron chi connectivity index (χ1n) is 4.54. The molecule has 0 atom stereocenters. The van der Waals surface area contributed by atoms with Gasteiger partial charge in [-0.2, -0.15) is 0 Å². The van der Waals surface area contributed by atoms with Crippen LogP contribution < -0.4 is 4.74 Å². The van der Waals surface area contributed by atoms with Crippen molar-refractivity contribution in [2.24, 2.45) is 0 Å². The molecule has 0 aliphatic carbocycles. The van der Waals surface area contributed by atoms with E-state index < -0.39 is 0 Å². The molecule has 13 heavy (non-hydrogen) atoms. The Kier molecular flexibility index (Phi) is 6.70. The maximum atomic E-state index is 4.98. The monoisotopic (exact) mass is 178 g/mol. The van der Waals surface area contributed by atoms with Gasteiger partial charge in [-0.3, -0.25) is 0 Å². The molecule has 0 bridgehead atoms. The second kappa shape index (κ2) is 7.41. The molecule has 0 aliphatic heterocycles. The fraction of sp³-hybridized carbons (Fsp3) is 0.333. The third kappa shape index (κ3) is 5.07. The van der Waals surface area contributed by atoms with Crippen molar-refractivity contribution < 1.29 is 4.74 Å². The minimum atomic E-state index is 0.880. The van der Waals surface area contributed by atoms with Crippen LogP contribution in [0.2, 0.25) is 0 Å². The molecule has 1 heteroatoms. The molecule has 0 N–H and O–H groups in total. The van der Waals surface area contributed by atoms with Crippen LogP contribution in [-0.2, 0) is 0 Å². The molecule has 0 aromatic heterocycles. The fourth-order valence-corrected chi connectivity index (χ4v) is 0.740. The average molecular weight is 178 g/mol. The van der Waals surface area contributed by atoms with Crippen molar-refractivity contribution in [2.75, 3.05) is 7.11 Å². The molecule has 1 nitrogen and oxygen atoms in total. The van der Waals surface area contributed by atoms with Gasteiger partial charge in [-0.1, -0.05) is 45.1 Å². The lowest BCUT2D eigenvalue weighted by atomic mass is 10.2. The summed E-state index contributed by atoms with van der Waals surface area (Å²) < 4.78 is 4.98. The van der Waals surface area contributed by atoms with Crippen LogP contribution >= 0.6 is 0 Å². The lowest BCUT2D eigenvalue weighted by Gasteiger charge is -1.97. The Hall–Kier alpha value is -1.24. The summed E-state index contributed by atoms with van der Waals surface area (Å²) in [5, 5.41) is 0. The number of ether oxygens (including phenoxy) is 1. The van der Waals surface area contributed by atoms with Gasteiger partial charge in [0, 0.05) is 0 Å². The van der Waals surface area contributed by atoms with Crippen LogP contribution in [0.25, 0.3) is 6.08 Å². The molecule has 0 heterocycles. The third-order valence-electron chi connectivity index (χ3n) is 1.35. The van der Waals surface area contributed by atoms with Gasteiger partial charge >= 0.3 is 0 Å². The number of rotatable bonds is 2. The zero-order valence-corrected chi connectivity index (χ0v) is 8.71. The summed E-state index contributed by atoms with van der Waals surface area (Å²) >= 11 is 0. The smallest absolute Gasteiger partial charge is 0.118 e. The third-order valence-corrected chi connectivity index (χ3v) is 1.35. The summed E-state index contributed by atoms with van der Waals surface area (Å²) in [6.07, 6.45) is 3.06. The second-order valence-electron chi connectivity index (χ2n) is 2.68. The van der Waals surface area contributed by atoms with E-state index in [2.05, 4.69) is 20.4 Å². The summed E-state index contributed by atoms with van der Waals surface area (Å²) in [6.45, 7) is 7.90. The molecule has 0 spiro atoms. The van der Waals surface area contributed by atoms with Gasteiger partial charge < -0.3 is 4.74 Å². The fourth-order valence-electron chi connectivity index (χ4n) is 0.740. The second-order valence-corrected chi connectivity index (χ2v) is 2.68. The van der Waals surface area contributed by atoms with Gasteiger partial charge in [0.25, 0.3) is 0 Å². The molecule has 72 valence electrons. The SMILES string of the molecule is C=Cc1ccc(OC)cc1.CCC. The summed E-state index contributed by atoms with van der Waals surface area (Å²) in [7, 11) is 1.66. The minimum absolute atomic E-state index is 0.880. The molecule has 0 saturated carbocycles. The number of benzene rings is 1. The molecule has 0 saturated heterocycles. The van der Waals surface area contributed by atoms with Crippen LogP contribution in [-0.4, -0.2) is 7.11 Å². The van der Waals surface area contributed by atoms with Crippen LogP contribution in [0.1, 0.15) is 25.8 Å². The predicted octanol–water partition coefficient (Wildman–Crippen LogP) is 3.75. The van der Waals surface area contributed by atoms with E-state index in [1.54, 1.807) is 13.2 Å². The van der Waals surface area contributed by atoms with Gasteiger partial charge in [0.2, 0.25) is 0 Å². The zero-order chi connectivity index (χ0) is 10.1. The average Bonchev–Trinajstić information content (AvgIpc) is 2.19. The molecular formula is C12H18O. The quantitative estimate of drug-likeness (QED) is 0.670. The lowest BCUT2D eigenvalue weighted by molar-refractivity contribution is 0.415. The predicted molar refractivity (Wildman–Crippen MR) is 59.1 cm³/mol. The molecule has 0 aliphatic rings. The molecule has 1 aromatic carbocycles. The maximum absolute atomic E-state index is 4.98. The van der Waals surface area contributed by atoms with Crippen LogP contribution in [0.3, 0.4) is 0 Å². The Morgan fingerprint density at radius 1 is 1.23 bits per heavy atom. The number of hydrogen-bond acceptors (Lipinski definition) is 1. The Balaban J connectivity index is 0.000000424. The van der Waals surface area contributed by atoms with Crippen molar-refractivity contribution in [1.82, 2.24) is 0 Å². The van der Waals surface area contributed by atoms with E-state index in [1.807, 2.05) is 24.3 Å². The van der Waals surface area contributed by atoms with Crippen LogP contribution in [0.15, 0.2) is 30.8 Å². The lowest BCUT2D eigenvalue weighted by Crippen LogP contribution is -1.80. The highest BCUT2D eigenvalue weighted by Gasteiger charge is 1.87. The van der Waals surface area contributed by atoms with Crippen molar-refractivity contribution in [3.05, 3.63) is 36.4 Å². The van der Waals surface area contributed by atoms with Gasteiger partial charge in [-0.05, 0) is 17.7 Å². The molecular weight excluding hydrogens is 160 g/mol. The Morgan fingerprint density at radius 3 is 2.00 bits per heavy atom. The molecule has 0 amide bonds. The van der Waals surface area contributed by atoms with Crippen LogP contribution in [0, 0.1) is 0 Å². The first kappa shape index (κ1) is 11.8. The molecule has 1 aromatic rings. The van der Waals surface area contributed by atoms with Crippen LogP contribution in [0.4, 0.5) is 0 Å². The van der Waals surface area contributed by atoms with Gasteiger partial charge in [0.05, 0.1) is 7.11 Å². The zero-order valence-electron chi connectivity index (χ0n) is 8.71. The first-order chi connectivity index (χ1) is 6.28. The Morgan fingerprint density at radius 2 is 1.69 bits per heavy atom. The molecule has 0 fully saturated rings. The van der Waals surface area contributed by atoms with Crippen molar-refractivity contribution in [3.8, 4) is 5.75 Å². The van der Waals surface area contributed by atoms with E-state index >= 15 is 0 Å². The van der Waals surface area contributed by atoms with Gasteiger partial charge in [-0.15, -0.1) is 0 Å². The van der Waals surface area contributed by atoms with E-state index in [1.165, 1.54) is 6.42 Å². The molecule has 1 rings (SSSR count). The van der Waals surface area contributed by atoms with Crippen molar-refractivity contribution in [3.63, 3.8) is 0 Å². The summed E-state index contributed by atoms with van der Waals surface area (Å²) in [5.41, 5.74) is 1.11. The summed E-state index contributed by atoms with van der Waals surface area (Å²) in [4.78, 5) is 0. The highest BCUT2D eigenvalue weighted by atomic mass is 16.5. The maximum Gasteiger partial charge on any atom is 0.118 e. The highest BCUT2D eigenvalue weighted by Crippen LogP contribution is 2.11. The van der Waals surface area contributed by atoms with Crippen molar-refractivity contribution in [2.45, 2.75) is 20.3 Å². The number of hydrogen-bond donors (Lipinski definition) is 0. The summed E-state index contributed by atoms with van der Waals surface area (Å²) in [6, 6.07) is 7.76. The minimum Gasteiger partial charge on any atom is -0.497 e. The Labute approximate surface area is 81.1 Å². The van der Waals surface area contributed by atoms with E-state index in [9.17, 15) is 0 Å². The van der Waals surface area contributed by atoms with E-state index in [-0.39, 0.29) is 0 Å². The number of methoxy groups -OCH3 is 1. The van der Waals surface area contributed by atoms with E-state index in [0.717, 1.165) is 11.3 Å². The van der Waals surface area contributed by atoms with E-state index in [0.29, 0.717) is 0 Å². The normalized spacial score (nSPS) is 8.23. The molecule has 0 radical (unpaired) electrons.